The molecule has 0 aromatic rings. The van der Waals surface area contributed by atoms with E-state index in [1.807, 2.05) is 0 Å². The van der Waals surface area contributed by atoms with Gasteiger partial charge in [-0.1, -0.05) is 143 Å². The van der Waals surface area contributed by atoms with Crippen LogP contribution in [0.5, 0.6) is 0 Å². The Morgan fingerprint density at radius 3 is 1.27 bits per heavy atom. The molecule has 0 N–H and O–H groups in total. The molecule has 0 saturated heterocycles. The third-order valence-electron chi connectivity index (χ3n) is 6.47. The lowest BCUT2D eigenvalue weighted by Crippen LogP contribution is -2.17. The van der Waals surface area contributed by atoms with Gasteiger partial charge in [0.15, 0.2) is 0 Å². The Bertz CT molecular complexity index is 340. The van der Waals surface area contributed by atoms with E-state index in [-0.39, 0.29) is 11.9 Å². The molecule has 0 aromatic heterocycles. The molecule has 0 amide bonds. The summed E-state index contributed by atoms with van der Waals surface area (Å²) in [6.45, 7) is 7.19. The van der Waals surface area contributed by atoms with E-state index in [9.17, 15) is 4.79 Å². The highest BCUT2D eigenvalue weighted by Gasteiger charge is 2.16. The molecule has 0 fully saturated rings. The van der Waals surface area contributed by atoms with E-state index in [0.717, 1.165) is 32.1 Å². The van der Waals surface area contributed by atoms with Crippen LogP contribution in [0.3, 0.4) is 0 Å². The van der Waals surface area contributed by atoms with Crippen molar-refractivity contribution in [3.8, 4) is 0 Å². The monoisotopic (exact) mass is 424 g/mol. The van der Waals surface area contributed by atoms with Gasteiger partial charge in [0.25, 0.3) is 0 Å². The maximum Gasteiger partial charge on any atom is 0.308 e. The van der Waals surface area contributed by atoms with Gasteiger partial charge in [0, 0.05) is 0 Å². The number of hydrogen-bond acceptors (Lipinski definition) is 2. The van der Waals surface area contributed by atoms with Crippen LogP contribution in [-0.4, -0.2) is 12.6 Å². The Morgan fingerprint density at radius 2 is 0.900 bits per heavy atom. The van der Waals surface area contributed by atoms with Gasteiger partial charge in [0.2, 0.25) is 0 Å². The second kappa shape index (κ2) is 24.7. The third-order valence-corrected chi connectivity index (χ3v) is 6.47. The van der Waals surface area contributed by atoms with E-state index in [1.165, 1.54) is 109 Å². The molecule has 30 heavy (non-hydrogen) atoms. The van der Waals surface area contributed by atoms with E-state index >= 15 is 0 Å². The van der Waals surface area contributed by atoms with Crippen LogP contribution >= 0.6 is 0 Å². The smallest absolute Gasteiger partial charge is 0.308 e. The minimum absolute atomic E-state index is 0.0397. The predicted molar refractivity (Wildman–Crippen MR) is 133 cm³/mol. The first-order valence-corrected chi connectivity index (χ1v) is 13.9. The molecule has 1 atom stereocenters. The summed E-state index contributed by atoms with van der Waals surface area (Å²) in [6.07, 6.45) is 29.1. The zero-order valence-electron chi connectivity index (χ0n) is 21.2. The van der Waals surface area contributed by atoms with Crippen molar-refractivity contribution in [1.82, 2.24) is 0 Å². The Hall–Kier alpha value is -0.530. The molecule has 0 rings (SSSR count). The van der Waals surface area contributed by atoms with Gasteiger partial charge in [0.05, 0.1) is 12.5 Å². The van der Waals surface area contributed by atoms with Gasteiger partial charge in [-0.25, -0.2) is 0 Å². The number of carbonyl (C=O) groups is 1. The molecule has 0 spiro atoms. The zero-order valence-corrected chi connectivity index (χ0v) is 21.2. The molecule has 0 aliphatic heterocycles. The summed E-state index contributed by atoms with van der Waals surface area (Å²) >= 11 is 0. The summed E-state index contributed by atoms with van der Waals surface area (Å²) in [7, 11) is 0. The number of rotatable bonds is 24. The highest BCUT2D eigenvalue weighted by Crippen LogP contribution is 2.16. The fourth-order valence-electron chi connectivity index (χ4n) is 4.23. The lowest BCUT2D eigenvalue weighted by Gasteiger charge is -2.13. The molecule has 0 aliphatic carbocycles. The number of hydrogen-bond donors (Lipinski definition) is 0. The third kappa shape index (κ3) is 20.7. The van der Waals surface area contributed by atoms with Crippen LogP contribution in [0.25, 0.3) is 0 Å². The summed E-state index contributed by atoms with van der Waals surface area (Å²) in [6, 6.07) is 0. The predicted octanol–water partition coefficient (Wildman–Crippen LogP) is 9.79. The van der Waals surface area contributed by atoms with Crippen molar-refractivity contribution < 1.29 is 9.53 Å². The van der Waals surface area contributed by atoms with Gasteiger partial charge in [0.1, 0.15) is 0 Å². The summed E-state index contributed by atoms with van der Waals surface area (Å²) in [4.78, 5) is 12.0. The van der Waals surface area contributed by atoms with Crippen molar-refractivity contribution in [1.29, 1.82) is 0 Å². The quantitative estimate of drug-likeness (QED) is 0.114. The second-order valence-electron chi connectivity index (χ2n) is 9.43. The van der Waals surface area contributed by atoms with Crippen molar-refractivity contribution in [2.75, 3.05) is 6.61 Å². The fraction of sp³-hybridized carbons (Fsp3) is 0.964. The first kappa shape index (κ1) is 29.5. The van der Waals surface area contributed by atoms with E-state index in [1.54, 1.807) is 0 Å². The molecule has 0 heterocycles. The molecule has 0 aromatic carbocycles. The normalized spacial score (nSPS) is 12.2. The number of carbonyl (C=O) groups excluding carboxylic acids is 1. The Balaban J connectivity index is 3.22. The fourth-order valence-corrected chi connectivity index (χ4v) is 4.23. The summed E-state index contributed by atoms with van der Waals surface area (Å²) in [5.41, 5.74) is 0. The summed E-state index contributed by atoms with van der Waals surface area (Å²) in [5.74, 6) is 0.165. The average Bonchev–Trinajstić information content (AvgIpc) is 2.75. The summed E-state index contributed by atoms with van der Waals surface area (Å²) < 4.78 is 5.48. The van der Waals surface area contributed by atoms with Crippen molar-refractivity contribution in [3.63, 3.8) is 0 Å². The Morgan fingerprint density at radius 1 is 0.533 bits per heavy atom. The maximum absolute atomic E-state index is 12.0. The Kier molecular flexibility index (Phi) is 24.3. The van der Waals surface area contributed by atoms with E-state index in [2.05, 4.69) is 20.8 Å². The molecular weight excluding hydrogens is 368 g/mol. The molecule has 0 bridgehead atoms. The number of unbranched alkanes of at least 4 members (excludes halogenated alkanes) is 18. The molecule has 180 valence electrons. The van der Waals surface area contributed by atoms with Gasteiger partial charge >= 0.3 is 5.97 Å². The van der Waals surface area contributed by atoms with Crippen molar-refractivity contribution in [2.24, 2.45) is 5.92 Å². The topological polar surface area (TPSA) is 26.3 Å². The zero-order chi connectivity index (χ0) is 22.1. The van der Waals surface area contributed by atoms with Crippen LogP contribution in [0.15, 0.2) is 0 Å². The molecule has 2 nitrogen and oxygen atoms in total. The highest BCUT2D eigenvalue weighted by molar-refractivity contribution is 5.72. The standard InChI is InChI=1S/C28H56O2/c1-4-7-9-10-11-12-13-14-15-16-17-18-19-20-21-22-23-24-26-30-28(29)27(6-3)25-8-5-2/h27H,4-26H2,1-3H3. The van der Waals surface area contributed by atoms with E-state index < -0.39 is 0 Å². The second-order valence-corrected chi connectivity index (χ2v) is 9.43. The van der Waals surface area contributed by atoms with Crippen molar-refractivity contribution in [3.05, 3.63) is 0 Å². The molecule has 2 heteroatoms. The molecular formula is C28H56O2. The number of ether oxygens (including phenoxy) is 1. The lowest BCUT2D eigenvalue weighted by atomic mass is 10.00. The average molecular weight is 425 g/mol. The van der Waals surface area contributed by atoms with Crippen LogP contribution in [0, 0.1) is 5.92 Å². The Labute approximate surface area is 190 Å². The molecule has 0 aliphatic rings. The van der Waals surface area contributed by atoms with Crippen molar-refractivity contribution in [2.45, 2.75) is 162 Å². The molecule has 0 radical (unpaired) electrons. The van der Waals surface area contributed by atoms with Crippen LogP contribution in [0.1, 0.15) is 162 Å². The molecule has 1 unspecified atom stereocenters. The van der Waals surface area contributed by atoms with Crippen LogP contribution < -0.4 is 0 Å². The van der Waals surface area contributed by atoms with Crippen LogP contribution in [-0.2, 0) is 9.53 Å². The minimum Gasteiger partial charge on any atom is -0.465 e. The van der Waals surface area contributed by atoms with Gasteiger partial charge < -0.3 is 4.74 Å². The summed E-state index contributed by atoms with van der Waals surface area (Å²) in [5, 5.41) is 0. The molecule has 0 saturated carbocycles. The van der Waals surface area contributed by atoms with Gasteiger partial charge in [-0.05, 0) is 19.3 Å². The van der Waals surface area contributed by atoms with Gasteiger partial charge in [-0.2, -0.15) is 0 Å². The van der Waals surface area contributed by atoms with E-state index in [4.69, 9.17) is 4.74 Å². The largest absolute Gasteiger partial charge is 0.465 e. The van der Waals surface area contributed by atoms with Gasteiger partial charge in [-0.3, -0.25) is 4.79 Å². The minimum atomic E-state index is 0.0397. The maximum atomic E-state index is 12.0. The van der Waals surface area contributed by atoms with E-state index in [0.29, 0.717) is 6.61 Å². The number of esters is 1. The van der Waals surface area contributed by atoms with Crippen LogP contribution in [0.4, 0.5) is 0 Å². The SMILES string of the molecule is CCCCCCCCCCCCCCCCCCCCOC(=O)C(CC)CCCC. The van der Waals surface area contributed by atoms with Crippen molar-refractivity contribution >= 4 is 5.97 Å². The first-order valence-electron chi connectivity index (χ1n) is 13.9. The highest BCUT2D eigenvalue weighted by atomic mass is 16.5. The lowest BCUT2D eigenvalue weighted by molar-refractivity contribution is -0.149. The van der Waals surface area contributed by atoms with Crippen LogP contribution in [0.2, 0.25) is 0 Å². The first-order chi connectivity index (χ1) is 14.8. The van der Waals surface area contributed by atoms with Gasteiger partial charge in [-0.15, -0.1) is 0 Å².